The number of aromatic carboxylic acids is 1. The molecular formula is C17H20N2O2. The summed E-state index contributed by atoms with van der Waals surface area (Å²) in [5.74, 6) is -0.0876. The normalized spacial score (nSPS) is 15.9. The van der Waals surface area contributed by atoms with Gasteiger partial charge in [-0.1, -0.05) is 19.4 Å². The van der Waals surface area contributed by atoms with Gasteiger partial charge in [-0.05, 0) is 48.9 Å². The summed E-state index contributed by atoms with van der Waals surface area (Å²) in [7, 11) is 0. The molecule has 1 heterocycles. The summed E-state index contributed by atoms with van der Waals surface area (Å²) in [5.41, 5.74) is 1.49. The Hall–Kier alpha value is -2.10. The largest absolute Gasteiger partial charge is 0.478 e. The molecule has 110 valence electrons. The Morgan fingerprint density at radius 3 is 2.81 bits per heavy atom. The van der Waals surface area contributed by atoms with E-state index in [1.54, 1.807) is 12.1 Å². The number of anilines is 1. The van der Waals surface area contributed by atoms with Crippen molar-refractivity contribution in [1.29, 1.82) is 0 Å². The maximum atomic E-state index is 11.2. The summed E-state index contributed by atoms with van der Waals surface area (Å²) in [6.07, 6.45) is 5.07. The fourth-order valence-electron chi connectivity index (χ4n) is 2.94. The first-order valence-corrected chi connectivity index (χ1v) is 7.50. The summed E-state index contributed by atoms with van der Waals surface area (Å²) < 4.78 is 0. The minimum atomic E-state index is -0.914. The van der Waals surface area contributed by atoms with Crippen LogP contribution < -0.4 is 5.32 Å². The maximum absolute atomic E-state index is 11.2. The van der Waals surface area contributed by atoms with Gasteiger partial charge in [-0.25, -0.2) is 9.78 Å². The van der Waals surface area contributed by atoms with E-state index in [4.69, 9.17) is 0 Å². The summed E-state index contributed by atoms with van der Waals surface area (Å²) in [5, 5.41) is 13.3. The van der Waals surface area contributed by atoms with Crippen molar-refractivity contribution >= 4 is 22.7 Å². The summed E-state index contributed by atoms with van der Waals surface area (Å²) in [6, 6.07) is 8.91. The molecule has 0 aliphatic heterocycles. The number of carbonyl (C=O) groups is 1. The van der Waals surface area contributed by atoms with Crippen LogP contribution >= 0.6 is 0 Å². The van der Waals surface area contributed by atoms with Crippen molar-refractivity contribution in [2.24, 2.45) is 5.41 Å². The van der Waals surface area contributed by atoms with Gasteiger partial charge in [-0.3, -0.25) is 0 Å². The number of pyridine rings is 1. The highest BCUT2D eigenvalue weighted by Gasteiger charge is 2.41. The maximum Gasteiger partial charge on any atom is 0.336 e. The molecule has 1 aromatic heterocycles. The zero-order valence-electron chi connectivity index (χ0n) is 12.2. The number of rotatable bonds is 6. The molecule has 0 unspecified atom stereocenters. The number of fused-ring (bicyclic) bond motifs is 1. The Labute approximate surface area is 124 Å². The molecule has 2 N–H and O–H groups in total. The van der Waals surface area contributed by atoms with Crippen LogP contribution in [0.5, 0.6) is 0 Å². The summed E-state index contributed by atoms with van der Waals surface area (Å²) in [6.45, 7) is 3.18. The van der Waals surface area contributed by atoms with Crippen molar-refractivity contribution < 1.29 is 9.90 Å². The average molecular weight is 284 g/mol. The molecule has 3 rings (SSSR count). The second kappa shape index (κ2) is 5.35. The van der Waals surface area contributed by atoms with Gasteiger partial charge in [0.1, 0.15) is 5.82 Å². The molecule has 0 spiro atoms. The topological polar surface area (TPSA) is 62.2 Å². The Morgan fingerprint density at radius 1 is 1.33 bits per heavy atom. The predicted molar refractivity (Wildman–Crippen MR) is 83.8 cm³/mol. The Kier molecular flexibility index (Phi) is 3.53. The highest BCUT2D eigenvalue weighted by atomic mass is 16.4. The smallest absolute Gasteiger partial charge is 0.336 e. The van der Waals surface area contributed by atoms with Gasteiger partial charge in [0.2, 0.25) is 0 Å². The molecule has 0 saturated heterocycles. The van der Waals surface area contributed by atoms with E-state index in [1.807, 2.05) is 18.2 Å². The lowest BCUT2D eigenvalue weighted by atomic mass is 10.0. The number of carboxylic acids is 1. The van der Waals surface area contributed by atoms with Crippen LogP contribution in [0.1, 0.15) is 43.0 Å². The molecule has 21 heavy (non-hydrogen) atoms. The van der Waals surface area contributed by atoms with Gasteiger partial charge >= 0.3 is 5.97 Å². The van der Waals surface area contributed by atoms with Gasteiger partial charge in [0, 0.05) is 11.9 Å². The Morgan fingerprint density at radius 2 is 2.14 bits per heavy atom. The van der Waals surface area contributed by atoms with E-state index >= 15 is 0 Å². The minimum absolute atomic E-state index is 0.302. The van der Waals surface area contributed by atoms with Crippen molar-refractivity contribution in [3.8, 4) is 0 Å². The van der Waals surface area contributed by atoms with E-state index in [1.165, 1.54) is 25.7 Å². The van der Waals surface area contributed by atoms with Crippen molar-refractivity contribution in [2.75, 3.05) is 11.9 Å². The first-order chi connectivity index (χ1) is 10.1. The number of hydrogen-bond donors (Lipinski definition) is 2. The van der Waals surface area contributed by atoms with Crippen LogP contribution in [0.2, 0.25) is 0 Å². The average Bonchev–Trinajstić information content (AvgIpc) is 3.24. The second-order valence-corrected chi connectivity index (χ2v) is 5.98. The Bertz CT molecular complexity index is 678. The molecule has 2 aromatic rings. The summed E-state index contributed by atoms with van der Waals surface area (Å²) >= 11 is 0. The second-order valence-electron chi connectivity index (χ2n) is 5.98. The van der Waals surface area contributed by atoms with Gasteiger partial charge < -0.3 is 10.4 Å². The quantitative estimate of drug-likeness (QED) is 0.843. The third kappa shape index (κ3) is 2.84. The number of aromatic nitrogens is 1. The SMILES string of the molecule is CCCC1(CNc2ccc3c(C(=O)O)cccc3n2)CC1. The standard InChI is InChI=1S/C17H20N2O2/c1-2-8-17(9-10-17)11-18-15-7-6-12-13(16(20)21)4-3-5-14(12)19-15/h3-7H,2,8-11H2,1H3,(H,18,19)(H,20,21). The highest BCUT2D eigenvalue weighted by Crippen LogP contribution is 2.49. The van der Waals surface area contributed by atoms with Crippen LogP contribution in [-0.4, -0.2) is 22.6 Å². The lowest BCUT2D eigenvalue weighted by Gasteiger charge is -2.15. The van der Waals surface area contributed by atoms with E-state index in [-0.39, 0.29) is 0 Å². The molecule has 1 saturated carbocycles. The molecule has 4 nitrogen and oxygen atoms in total. The molecular weight excluding hydrogens is 264 g/mol. The van der Waals surface area contributed by atoms with Gasteiger partial charge in [-0.15, -0.1) is 0 Å². The molecule has 1 aliphatic rings. The number of carboxylic acid groups (broad SMARTS) is 1. The molecule has 0 bridgehead atoms. The van der Waals surface area contributed by atoms with Crippen molar-refractivity contribution in [3.63, 3.8) is 0 Å². The van der Waals surface area contributed by atoms with Crippen LogP contribution in [-0.2, 0) is 0 Å². The third-order valence-corrected chi connectivity index (χ3v) is 4.34. The van der Waals surface area contributed by atoms with E-state index < -0.39 is 5.97 Å². The molecule has 4 heteroatoms. The first-order valence-electron chi connectivity index (χ1n) is 7.50. The zero-order valence-corrected chi connectivity index (χ0v) is 12.2. The van der Waals surface area contributed by atoms with E-state index in [2.05, 4.69) is 17.2 Å². The lowest BCUT2D eigenvalue weighted by Crippen LogP contribution is -2.15. The molecule has 0 radical (unpaired) electrons. The molecule has 0 atom stereocenters. The van der Waals surface area contributed by atoms with E-state index in [9.17, 15) is 9.90 Å². The highest BCUT2D eigenvalue weighted by molar-refractivity contribution is 6.02. The Balaban J connectivity index is 1.80. The van der Waals surface area contributed by atoms with Crippen molar-refractivity contribution in [1.82, 2.24) is 4.98 Å². The monoisotopic (exact) mass is 284 g/mol. The van der Waals surface area contributed by atoms with Crippen LogP contribution in [0, 0.1) is 5.41 Å². The van der Waals surface area contributed by atoms with Crippen LogP contribution in [0.3, 0.4) is 0 Å². The van der Waals surface area contributed by atoms with E-state index in [0.29, 0.717) is 16.4 Å². The fraction of sp³-hybridized carbons (Fsp3) is 0.412. The molecule has 1 aliphatic carbocycles. The third-order valence-electron chi connectivity index (χ3n) is 4.34. The number of benzene rings is 1. The zero-order chi connectivity index (χ0) is 14.9. The van der Waals surface area contributed by atoms with Gasteiger partial charge in [0.05, 0.1) is 11.1 Å². The number of nitrogens with one attached hydrogen (secondary N) is 1. The predicted octanol–water partition coefficient (Wildman–Crippen LogP) is 3.93. The van der Waals surface area contributed by atoms with Crippen molar-refractivity contribution in [3.05, 3.63) is 35.9 Å². The van der Waals surface area contributed by atoms with Crippen LogP contribution in [0.4, 0.5) is 5.82 Å². The molecule has 1 fully saturated rings. The molecule has 0 amide bonds. The summed E-state index contributed by atoms with van der Waals surface area (Å²) in [4.78, 5) is 15.7. The number of hydrogen-bond acceptors (Lipinski definition) is 3. The van der Waals surface area contributed by atoms with Gasteiger partial charge in [0.15, 0.2) is 0 Å². The van der Waals surface area contributed by atoms with Crippen molar-refractivity contribution in [2.45, 2.75) is 32.6 Å². The fourth-order valence-corrected chi connectivity index (χ4v) is 2.94. The first kappa shape index (κ1) is 13.9. The minimum Gasteiger partial charge on any atom is -0.478 e. The van der Waals surface area contributed by atoms with Gasteiger partial charge in [-0.2, -0.15) is 0 Å². The number of nitrogens with zero attached hydrogens (tertiary/aromatic N) is 1. The lowest BCUT2D eigenvalue weighted by molar-refractivity contribution is 0.0699. The van der Waals surface area contributed by atoms with Gasteiger partial charge in [0.25, 0.3) is 0 Å². The molecule has 1 aromatic carbocycles. The van der Waals surface area contributed by atoms with E-state index in [0.717, 1.165) is 17.9 Å². The van der Waals surface area contributed by atoms with Crippen LogP contribution in [0.15, 0.2) is 30.3 Å². The van der Waals surface area contributed by atoms with Crippen LogP contribution in [0.25, 0.3) is 10.9 Å².